The highest BCUT2D eigenvalue weighted by atomic mass is 16.2. The first kappa shape index (κ1) is 12.9. The summed E-state index contributed by atoms with van der Waals surface area (Å²) in [4.78, 5) is 18.2. The fourth-order valence-corrected chi connectivity index (χ4v) is 2.17. The van der Waals surface area contributed by atoms with Crippen LogP contribution in [0.2, 0.25) is 0 Å². The van der Waals surface area contributed by atoms with E-state index in [4.69, 9.17) is 0 Å². The van der Waals surface area contributed by atoms with Gasteiger partial charge in [0, 0.05) is 32.0 Å². The van der Waals surface area contributed by atoms with Crippen LogP contribution in [0, 0.1) is 0 Å². The minimum atomic E-state index is 0.110. The zero-order valence-electron chi connectivity index (χ0n) is 11.0. The van der Waals surface area contributed by atoms with Crippen LogP contribution >= 0.6 is 0 Å². The molecule has 1 amide bonds. The molecule has 0 bridgehead atoms. The van der Waals surface area contributed by atoms with Crippen molar-refractivity contribution in [3.8, 4) is 0 Å². The Balaban J connectivity index is 1.99. The minimum absolute atomic E-state index is 0.110. The van der Waals surface area contributed by atoms with E-state index < -0.39 is 0 Å². The number of carbonyl (C=O) groups excluding carboxylic acids is 1. The lowest BCUT2D eigenvalue weighted by Crippen LogP contribution is -2.27. The van der Waals surface area contributed by atoms with E-state index in [9.17, 15) is 4.79 Å². The van der Waals surface area contributed by atoms with Gasteiger partial charge in [0.05, 0.1) is 11.3 Å². The summed E-state index contributed by atoms with van der Waals surface area (Å²) < 4.78 is 0. The van der Waals surface area contributed by atoms with Crippen LogP contribution in [0.5, 0.6) is 0 Å². The second-order valence-electron chi connectivity index (χ2n) is 4.74. The summed E-state index contributed by atoms with van der Waals surface area (Å²) in [5, 5.41) is 3.30. The number of rotatable bonds is 5. The SMILES string of the molecule is CCCCNc1cncc(C(=O)N2CCCC2)c1. The summed E-state index contributed by atoms with van der Waals surface area (Å²) in [6, 6.07) is 1.91. The number of pyridine rings is 1. The van der Waals surface area contributed by atoms with Gasteiger partial charge < -0.3 is 10.2 Å². The summed E-state index contributed by atoms with van der Waals surface area (Å²) >= 11 is 0. The fourth-order valence-electron chi connectivity index (χ4n) is 2.17. The molecule has 1 saturated heterocycles. The van der Waals surface area contributed by atoms with Crippen molar-refractivity contribution >= 4 is 11.6 Å². The average molecular weight is 247 g/mol. The lowest BCUT2D eigenvalue weighted by molar-refractivity contribution is 0.0792. The van der Waals surface area contributed by atoms with Gasteiger partial charge in [-0.1, -0.05) is 13.3 Å². The number of hydrogen-bond donors (Lipinski definition) is 1. The molecule has 0 saturated carbocycles. The molecule has 4 nitrogen and oxygen atoms in total. The number of amides is 1. The van der Waals surface area contributed by atoms with Gasteiger partial charge in [0.15, 0.2) is 0 Å². The number of hydrogen-bond acceptors (Lipinski definition) is 3. The van der Waals surface area contributed by atoms with Crippen molar-refractivity contribution in [1.82, 2.24) is 9.88 Å². The van der Waals surface area contributed by atoms with Crippen molar-refractivity contribution in [2.75, 3.05) is 25.0 Å². The molecule has 98 valence electrons. The van der Waals surface area contributed by atoms with Crippen LogP contribution in [0.3, 0.4) is 0 Å². The first-order valence-electron chi connectivity index (χ1n) is 6.79. The molecule has 1 N–H and O–H groups in total. The molecule has 1 fully saturated rings. The third kappa shape index (κ3) is 3.22. The number of nitrogens with one attached hydrogen (secondary N) is 1. The maximum Gasteiger partial charge on any atom is 0.255 e. The number of carbonyl (C=O) groups is 1. The average Bonchev–Trinajstić information content (AvgIpc) is 2.92. The van der Waals surface area contributed by atoms with Crippen LogP contribution in [0.15, 0.2) is 18.5 Å². The Labute approximate surface area is 108 Å². The second kappa shape index (κ2) is 6.38. The molecule has 0 unspecified atom stereocenters. The smallest absolute Gasteiger partial charge is 0.255 e. The number of likely N-dealkylation sites (tertiary alicyclic amines) is 1. The standard InChI is InChI=1S/C14H21N3O/c1-2-3-6-16-13-9-12(10-15-11-13)14(18)17-7-4-5-8-17/h9-11,16H,2-8H2,1H3. The third-order valence-corrected chi connectivity index (χ3v) is 3.24. The highest BCUT2D eigenvalue weighted by molar-refractivity contribution is 5.94. The molecule has 0 aliphatic carbocycles. The molecule has 1 aromatic heterocycles. The van der Waals surface area contributed by atoms with Gasteiger partial charge in [0.1, 0.15) is 0 Å². The summed E-state index contributed by atoms with van der Waals surface area (Å²) in [6.07, 6.45) is 7.96. The van der Waals surface area contributed by atoms with Gasteiger partial charge in [0.25, 0.3) is 5.91 Å². The minimum Gasteiger partial charge on any atom is -0.384 e. The lowest BCUT2D eigenvalue weighted by atomic mass is 10.2. The number of unbranched alkanes of at least 4 members (excludes halogenated alkanes) is 1. The Hall–Kier alpha value is -1.58. The van der Waals surface area contributed by atoms with Crippen LogP contribution in [0.4, 0.5) is 5.69 Å². The Kier molecular flexibility index (Phi) is 4.56. The maximum absolute atomic E-state index is 12.2. The first-order valence-corrected chi connectivity index (χ1v) is 6.79. The Bertz CT molecular complexity index is 400. The van der Waals surface area contributed by atoms with E-state index in [1.807, 2.05) is 11.0 Å². The van der Waals surface area contributed by atoms with Crippen molar-refractivity contribution in [3.05, 3.63) is 24.0 Å². The van der Waals surface area contributed by atoms with Gasteiger partial charge in [0.2, 0.25) is 0 Å². The topological polar surface area (TPSA) is 45.2 Å². The Morgan fingerprint density at radius 1 is 1.39 bits per heavy atom. The van der Waals surface area contributed by atoms with E-state index in [2.05, 4.69) is 17.2 Å². The van der Waals surface area contributed by atoms with Crippen LogP contribution in [0.25, 0.3) is 0 Å². The molecule has 0 aromatic carbocycles. The normalized spacial score (nSPS) is 14.8. The number of aromatic nitrogens is 1. The van der Waals surface area contributed by atoms with E-state index >= 15 is 0 Å². The predicted octanol–water partition coefficient (Wildman–Crippen LogP) is 2.53. The summed E-state index contributed by atoms with van der Waals surface area (Å²) in [5.41, 5.74) is 1.63. The summed E-state index contributed by atoms with van der Waals surface area (Å²) in [6.45, 7) is 4.85. The quantitative estimate of drug-likeness (QED) is 0.813. The molecule has 2 rings (SSSR count). The molecule has 1 aromatic rings. The number of anilines is 1. The molecule has 0 spiro atoms. The van der Waals surface area contributed by atoms with Crippen molar-refractivity contribution in [1.29, 1.82) is 0 Å². The van der Waals surface area contributed by atoms with Gasteiger partial charge in [-0.05, 0) is 25.3 Å². The van der Waals surface area contributed by atoms with E-state index in [1.54, 1.807) is 12.4 Å². The molecule has 1 aliphatic rings. The largest absolute Gasteiger partial charge is 0.384 e. The van der Waals surface area contributed by atoms with Crippen molar-refractivity contribution in [2.45, 2.75) is 32.6 Å². The van der Waals surface area contributed by atoms with Crippen molar-refractivity contribution in [3.63, 3.8) is 0 Å². The van der Waals surface area contributed by atoms with Crippen LogP contribution in [0.1, 0.15) is 43.0 Å². The highest BCUT2D eigenvalue weighted by Crippen LogP contribution is 2.15. The van der Waals surface area contributed by atoms with Crippen LogP contribution in [-0.4, -0.2) is 35.4 Å². The summed E-state index contributed by atoms with van der Waals surface area (Å²) in [7, 11) is 0. The molecular weight excluding hydrogens is 226 g/mol. The summed E-state index contributed by atoms with van der Waals surface area (Å²) in [5.74, 6) is 0.110. The molecule has 0 radical (unpaired) electrons. The highest BCUT2D eigenvalue weighted by Gasteiger charge is 2.19. The van der Waals surface area contributed by atoms with E-state index in [1.165, 1.54) is 0 Å². The molecular formula is C14H21N3O. The zero-order valence-corrected chi connectivity index (χ0v) is 11.0. The second-order valence-corrected chi connectivity index (χ2v) is 4.74. The van der Waals surface area contributed by atoms with Crippen LogP contribution < -0.4 is 5.32 Å². The first-order chi connectivity index (χ1) is 8.81. The monoisotopic (exact) mass is 247 g/mol. The molecule has 2 heterocycles. The van der Waals surface area contributed by atoms with Gasteiger partial charge >= 0.3 is 0 Å². The molecule has 0 atom stereocenters. The zero-order chi connectivity index (χ0) is 12.8. The molecule has 4 heteroatoms. The molecule has 18 heavy (non-hydrogen) atoms. The van der Waals surface area contributed by atoms with Gasteiger partial charge in [-0.25, -0.2) is 0 Å². The Morgan fingerprint density at radius 3 is 2.89 bits per heavy atom. The van der Waals surface area contributed by atoms with Gasteiger partial charge in [-0.2, -0.15) is 0 Å². The fraction of sp³-hybridized carbons (Fsp3) is 0.571. The van der Waals surface area contributed by atoms with E-state index in [0.717, 1.165) is 51.0 Å². The third-order valence-electron chi connectivity index (χ3n) is 3.24. The van der Waals surface area contributed by atoms with Gasteiger partial charge in [-0.3, -0.25) is 9.78 Å². The van der Waals surface area contributed by atoms with E-state index in [0.29, 0.717) is 5.56 Å². The lowest BCUT2D eigenvalue weighted by Gasteiger charge is -2.15. The van der Waals surface area contributed by atoms with E-state index in [-0.39, 0.29) is 5.91 Å². The Morgan fingerprint density at radius 2 is 2.17 bits per heavy atom. The maximum atomic E-state index is 12.2. The molecule has 1 aliphatic heterocycles. The van der Waals surface area contributed by atoms with Crippen molar-refractivity contribution < 1.29 is 4.79 Å². The van der Waals surface area contributed by atoms with Crippen LogP contribution in [-0.2, 0) is 0 Å². The van der Waals surface area contributed by atoms with Crippen molar-refractivity contribution in [2.24, 2.45) is 0 Å². The number of nitrogens with zero attached hydrogens (tertiary/aromatic N) is 2. The van der Waals surface area contributed by atoms with Gasteiger partial charge in [-0.15, -0.1) is 0 Å². The predicted molar refractivity (Wildman–Crippen MR) is 72.8 cm³/mol.